The molecule has 1 N–H and O–H groups in total. The molecule has 16 heavy (non-hydrogen) atoms. The Morgan fingerprint density at radius 2 is 2.00 bits per heavy atom. The molecule has 0 aromatic heterocycles. The third-order valence-electron chi connectivity index (χ3n) is 2.18. The van der Waals surface area contributed by atoms with Gasteiger partial charge in [-0.3, -0.25) is 4.99 Å². The van der Waals surface area contributed by atoms with Crippen LogP contribution in [-0.4, -0.2) is 23.3 Å². The van der Waals surface area contributed by atoms with E-state index in [1.54, 1.807) is 6.21 Å². The van der Waals surface area contributed by atoms with Crippen molar-refractivity contribution in [3.8, 4) is 0 Å². The Bertz CT molecular complexity index is 357. The second kappa shape index (κ2) is 6.05. The number of nitrogens with zero attached hydrogens (tertiary/aromatic N) is 1. The molecule has 0 aliphatic heterocycles. The van der Waals surface area contributed by atoms with E-state index in [9.17, 15) is 4.79 Å². The quantitative estimate of drug-likeness (QED) is 0.774. The third-order valence-corrected chi connectivity index (χ3v) is 2.18. The molecule has 0 saturated carbocycles. The number of hydrogen-bond donors (Lipinski definition) is 1. The highest BCUT2D eigenvalue weighted by molar-refractivity contribution is 5.83. The molecule has 1 aromatic carbocycles. The monoisotopic (exact) mass is 219 g/mol. The normalized spacial score (nSPS) is 13.2. The van der Waals surface area contributed by atoms with E-state index < -0.39 is 12.0 Å². The van der Waals surface area contributed by atoms with Crippen LogP contribution in [0.1, 0.15) is 25.8 Å². The summed E-state index contributed by atoms with van der Waals surface area (Å²) in [7, 11) is 0. The summed E-state index contributed by atoms with van der Waals surface area (Å²) < 4.78 is 0. The molecule has 0 bridgehead atoms. The zero-order valence-electron chi connectivity index (χ0n) is 9.63. The number of rotatable bonds is 5. The lowest BCUT2D eigenvalue weighted by atomic mass is 10.0. The van der Waals surface area contributed by atoms with Crippen LogP contribution in [0.4, 0.5) is 0 Å². The predicted octanol–water partition coefficient (Wildman–Crippen LogP) is 2.60. The van der Waals surface area contributed by atoms with Crippen molar-refractivity contribution in [3.05, 3.63) is 35.9 Å². The number of carboxylic acids is 1. The first-order valence-electron chi connectivity index (χ1n) is 5.40. The number of aliphatic carboxylic acids is 1. The SMILES string of the molecule is CC(C)CC(N=Cc1ccccc1)C(=O)O. The molecule has 0 amide bonds. The van der Waals surface area contributed by atoms with Gasteiger partial charge in [0.2, 0.25) is 0 Å². The van der Waals surface area contributed by atoms with Gasteiger partial charge in [-0.1, -0.05) is 44.2 Å². The van der Waals surface area contributed by atoms with Gasteiger partial charge in [0, 0.05) is 6.21 Å². The fourth-order valence-corrected chi connectivity index (χ4v) is 1.39. The van der Waals surface area contributed by atoms with Gasteiger partial charge in [-0.25, -0.2) is 4.79 Å². The Labute approximate surface area is 95.8 Å². The van der Waals surface area contributed by atoms with E-state index in [0.29, 0.717) is 12.3 Å². The average molecular weight is 219 g/mol. The summed E-state index contributed by atoms with van der Waals surface area (Å²) in [5.41, 5.74) is 0.928. The Balaban J connectivity index is 2.68. The molecule has 1 atom stereocenters. The molecular formula is C13H17NO2. The van der Waals surface area contributed by atoms with Crippen LogP contribution in [0.2, 0.25) is 0 Å². The van der Waals surface area contributed by atoms with Crippen molar-refractivity contribution in [3.63, 3.8) is 0 Å². The number of carboxylic acid groups (broad SMARTS) is 1. The maximum atomic E-state index is 10.9. The third kappa shape index (κ3) is 4.26. The van der Waals surface area contributed by atoms with Crippen LogP contribution in [-0.2, 0) is 4.79 Å². The number of hydrogen-bond acceptors (Lipinski definition) is 2. The lowest BCUT2D eigenvalue weighted by molar-refractivity contribution is -0.138. The number of benzene rings is 1. The van der Waals surface area contributed by atoms with Crippen LogP contribution < -0.4 is 0 Å². The molecular weight excluding hydrogens is 202 g/mol. The summed E-state index contributed by atoms with van der Waals surface area (Å²) in [5.74, 6) is -0.532. The minimum absolute atomic E-state index is 0.328. The summed E-state index contributed by atoms with van der Waals surface area (Å²) in [5, 5.41) is 8.99. The lowest BCUT2D eigenvalue weighted by Gasteiger charge is -2.09. The average Bonchev–Trinajstić information content (AvgIpc) is 2.25. The molecule has 0 radical (unpaired) electrons. The molecule has 0 saturated heterocycles. The van der Waals surface area contributed by atoms with Crippen LogP contribution in [0.5, 0.6) is 0 Å². The Morgan fingerprint density at radius 1 is 1.38 bits per heavy atom. The smallest absolute Gasteiger partial charge is 0.328 e. The Morgan fingerprint density at radius 3 is 2.50 bits per heavy atom. The minimum atomic E-state index is -0.860. The van der Waals surface area contributed by atoms with Crippen molar-refractivity contribution >= 4 is 12.2 Å². The fourth-order valence-electron chi connectivity index (χ4n) is 1.39. The highest BCUT2D eigenvalue weighted by Gasteiger charge is 2.16. The van der Waals surface area contributed by atoms with Crippen molar-refractivity contribution in [2.45, 2.75) is 26.3 Å². The summed E-state index contributed by atoms with van der Waals surface area (Å²) in [6.07, 6.45) is 2.19. The standard InChI is InChI=1S/C13H17NO2/c1-10(2)8-12(13(15)16)14-9-11-6-4-3-5-7-11/h3-7,9-10,12H,8H2,1-2H3,(H,15,16). The van der Waals surface area contributed by atoms with Crippen molar-refractivity contribution in [1.82, 2.24) is 0 Å². The molecule has 3 heteroatoms. The van der Waals surface area contributed by atoms with Crippen molar-refractivity contribution < 1.29 is 9.90 Å². The van der Waals surface area contributed by atoms with Gasteiger partial charge in [-0.05, 0) is 17.9 Å². The molecule has 1 aromatic rings. The van der Waals surface area contributed by atoms with Crippen molar-refractivity contribution in [2.75, 3.05) is 0 Å². The van der Waals surface area contributed by atoms with Crippen LogP contribution in [0.3, 0.4) is 0 Å². The van der Waals surface area contributed by atoms with Gasteiger partial charge < -0.3 is 5.11 Å². The predicted molar refractivity (Wildman–Crippen MR) is 64.9 cm³/mol. The first kappa shape index (κ1) is 12.4. The zero-order valence-corrected chi connectivity index (χ0v) is 9.63. The van der Waals surface area contributed by atoms with E-state index in [1.807, 2.05) is 44.2 Å². The molecule has 86 valence electrons. The fraction of sp³-hybridized carbons (Fsp3) is 0.385. The van der Waals surface area contributed by atoms with Crippen LogP contribution >= 0.6 is 0 Å². The van der Waals surface area contributed by atoms with E-state index >= 15 is 0 Å². The Kier molecular flexibility index (Phi) is 4.70. The van der Waals surface area contributed by atoms with Gasteiger partial charge in [-0.15, -0.1) is 0 Å². The molecule has 3 nitrogen and oxygen atoms in total. The van der Waals surface area contributed by atoms with Gasteiger partial charge in [0.15, 0.2) is 0 Å². The summed E-state index contributed by atoms with van der Waals surface area (Å²) >= 11 is 0. The molecule has 1 unspecified atom stereocenters. The topological polar surface area (TPSA) is 49.7 Å². The van der Waals surface area contributed by atoms with Gasteiger partial charge in [0.25, 0.3) is 0 Å². The molecule has 1 rings (SSSR count). The minimum Gasteiger partial charge on any atom is -0.480 e. The highest BCUT2D eigenvalue weighted by atomic mass is 16.4. The second-order valence-corrected chi connectivity index (χ2v) is 4.17. The summed E-state index contributed by atoms with van der Waals surface area (Å²) in [4.78, 5) is 15.1. The first-order chi connectivity index (χ1) is 7.59. The summed E-state index contributed by atoms with van der Waals surface area (Å²) in [6.45, 7) is 3.99. The second-order valence-electron chi connectivity index (χ2n) is 4.17. The molecule has 0 fully saturated rings. The van der Waals surface area contributed by atoms with E-state index in [1.165, 1.54) is 0 Å². The largest absolute Gasteiger partial charge is 0.480 e. The first-order valence-corrected chi connectivity index (χ1v) is 5.40. The van der Waals surface area contributed by atoms with Crippen molar-refractivity contribution in [1.29, 1.82) is 0 Å². The molecule has 0 aliphatic carbocycles. The van der Waals surface area contributed by atoms with E-state index in [2.05, 4.69) is 4.99 Å². The van der Waals surface area contributed by atoms with Crippen LogP contribution in [0.25, 0.3) is 0 Å². The number of aliphatic imine (C=N–C) groups is 1. The molecule has 0 spiro atoms. The van der Waals surface area contributed by atoms with Gasteiger partial charge in [-0.2, -0.15) is 0 Å². The van der Waals surface area contributed by atoms with Crippen LogP contribution in [0, 0.1) is 5.92 Å². The van der Waals surface area contributed by atoms with Gasteiger partial charge in [0.1, 0.15) is 6.04 Å². The van der Waals surface area contributed by atoms with E-state index in [4.69, 9.17) is 5.11 Å². The highest BCUT2D eigenvalue weighted by Crippen LogP contribution is 2.08. The maximum absolute atomic E-state index is 10.9. The van der Waals surface area contributed by atoms with Crippen LogP contribution in [0.15, 0.2) is 35.3 Å². The zero-order chi connectivity index (χ0) is 12.0. The number of carbonyl (C=O) groups is 1. The van der Waals surface area contributed by atoms with Gasteiger partial charge in [0.05, 0.1) is 0 Å². The van der Waals surface area contributed by atoms with Crippen molar-refractivity contribution in [2.24, 2.45) is 10.9 Å². The molecule has 0 aliphatic rings. The van der Waals surface area contributed by atoms with E-state index in [-0.39, 0.29) is 0 Å². The Hall–Kier alpha value is -1.64. The van der Waals surface area contributed by atoms with Gasteiger partial charge >= 0.3 is 5.97 Å². The summed E-state index contributed by atoms with van der Waals surface area (Å²) in [6, 6.07) is 8.88. The van der Waals surface area contributed by atoms with E-state index in [0.717, 1.165) is 5.56 Å². The lowest BCUT2D eigenvalue weighted by Crippen LogP contribution is -2.20. The maximum Gasteiger partial charge on any atom is 0.328 e. The molecule has 0 heterocycles.